The molecule has 1 unspecified atom stereocenters. The van der Waals surface area contributed by atoms with Crippen LogP contribution in [-0.4, -0.2) is 23.3 Å². The molecule has 1 aromatic rings. The van der Waals surface area contributed by atoms with E-state index >= 15 is 0 Å². The molecule has 0 aliphatic carbocycles. The largest absolute Gasteiger partial charge is 0.481 e. The number of benzene rings is 1. The van der Waals surface area contributed by atoms with Crippen LogP contribution in [0.1, 0.15) is 38.7 Å². The normalized spacial score (nSPS) is 13.3. The maximum Gasteiger partial charge on any atom is 0.311 e. The summed E-state index contributed by atoms with van der Waals surface area (Å²) in [7, 11) is 0. The Morgan fingerprint density at radius 1 is 1.44 bits per heavy atom. The van der Waals surface area contributed by atoms with E-state index in [4.69, 9.17) is 9.84 Å². The molecule has 0 aliphatic heterocycles. The third-order valence-corrected chi connectivity index (χ3v) is 2.49. The van der Waals surface area contributed by atoms with Crippen molar-refractivity contribution in [2.24, 2.45) is 0 Å². The first-order chi connectivity index (χ1) is 8.29. The molecule has 1 aromatic carbocycles. The average molecular weight is 254 g/mol. The molecule has 100 valence electrons. The summed E-state index contributed by atoms with van der Waals surface area (Å²) in [4.78, 5) is 11.2. The molecule has 0 bridgehead atoms. The van der Waals surface area contributed by atoms with E-state index in [0.29, 0.717) is 18.6 Å². The van der Waals surface area contributed by atoms with Gasteiger partial charge < -0.3 is 9.84 Å². The maximum atomic E-state index is 13.1. The van der Waals surface area contributed by atoms with Gasteiger partial charge in [0.15, 0.2) is 0 Å². The van der Waals surface area contributed by atoms with Crippen molar-refractivity contribution in [1.29, 1.82) is 0 Å². The summed E-state index contributed by atoms with van der Waals surface area (Å²) in [5, 5.41) is 9.17. The summed E-state index contributed by atoms with van der Waals surface area (Å²) in [6.45, 7) is 6.05. The Bertz CT molecular complexity index is 410. The summed E-state index contributed by atoms with van der Waals surface area (Å²) in [5.41, 5.74) is 0.172. The molecular formula is C14H19FO3. The molecule has 1 N–H and O–H groups in total. The predicted molar refractivity (Wildman–Crippen MR) is 67.1 cm³/mol. The van der Waals surface area contributed by atoms with E-state index in [1.807, 2.05) is 20.8 Å². The molecular weight excluding hydrogens is 235 g/mol. The van der Waals surface area contributed by atoms with Gasteiger partial charge >= 0.3 is 5.97 Å². The van der Waals surface area contributed by atoms with Crippen molar-refractivity contribution >= 4 is 5.97 Å². The topological polar surface area (TPSA) is 46.5 Å². The second kappa shape index (κ2) is 5.96. The minimum Gasteiger partial charge on any atom is -0.481 e. The Hall–Kier alpha value is -1.42. The van der Waals surface area contributed by atoms with Gasteiger partial charge in [0.25, 0.3) is 0 Å². The highest BCUT2D eigenvalue weighted by Crippen LogP contribution is 2.22. The maximum absolute atomic E-state index is 13.1. The fourth-order valence-electron chi connectivity index (χ4n) is 1.64. The Morgan fingerprint density at radius 2 is 2.11 bits per heavy atom. The van der Waals surface area contributed by atoms with Crippen molar-refractivity contribution in [3.8, 4) is 0 Å². The van der Waals surface area contributed by atoms with E-state index in [1.54, 1.807) is 6.07 Å². The van der Waals surface area contributed by atoms with Crippen LogP contribution in [0, 0.1) is 5.82 Å². The third kappa shape index (κ3) is 4.84. The van der Waals surface area contributed by atoms with E-state index < -0.39 is 17.7 Å². The lowest BCUT2D eigenvalue weighted by Gasteiger charge is -2.21. The number of hydrogen-bond donors (Lipinski definition) is 1. The highest BCUT2D eigenvalue weighted by molar-refractivity contribution is 5.76. The lowest BCUT2D eigenvalue weighted by atomic mass is 9.96. The molecule has 0 amide bonds. The summed E-state index contributed by atoms with van der Waals surface area (Å²) in [5.74, 6) is -2.11. The predicted octanol–water partition coefficient (Wildman–Crippen LogP) is 3.20. The van der Waals surface area contributed by atoms with Crippen LogP contribution in [0.5, 0.6) is 0 Å². The highest BCUT2D eigenvalue weighted by atomic mass is 19.1. The number of carbonyl (C=O) groups is 1. The van der Waals surface area contributed by atoms with Gasteiger partial charge in [0.2, 0.25) is 0 Å². The molecule has 1 atom stereocenters. The first kappa shape index (κ1) is 14.6. The number of rotatable bonds is 5. The lowest BCUT2D eigenvalue weighted by molar-refractivity contribution is -0.139. The minimum absolute atomic E-state index is 0.301. The minimum atomic E-state index is -0.960. The quantitative estimate of drug-likeness (QED) is 0.877. The zero-order valence-corrected chi connectivity index (χ0v) is 10.9. The van der Waals surface area contributed by atoms with E-state index in [2.05, 4.69) is 0 Å². The van der Waals surface area contributed by atoms with Crippen LogP contribution >= 0.6 is 0 Å². The van der Waals surface area contributed by atoms with E-state index in [0.717, 1.165) is 0 Å². The van der Waals surface area contributed by atoms with E-state index in [1.165, 1.54) is 18.2 Å². The van der Waals surface area contributed by atoms with Crippen LogP contribution in [0.3, 0.4) is 0 Å². The van der Waals surface area contributed by atoms with E-state index in [-0.39, 0.29) is 5.60 Å². The van der Waals surface area contributed by atoms with Gasteiger partial charge in [0, 0.05) is 6.61 Å². The van der Waals surface area contributed by atoms with Crippen molar-refractivity contribution < 1.29 is 19.0 Å². The molecule has 0 heterocycles. The lowest BCUT2D eigenvalue weighted by Crippen LogP contribution is -2.22. The van der Waals surface area contributed by atoms with Crippen LogP contribution in [-0.2, 0) is 9.53 Å². The fourth-order valence-corrected chi connectivity index (χ4v) is 1.64. The summed E-state index contributed by atoms with van der Waals surface area (Å²) in [6.07, 6.45) is 0.329. The number of carboxylic acids is 1. The second-order valence-corrected chi connectivity index (χ2v) is 5.20. The number of ether oxygens (including phenoxy) is 1. The van der Waals surface area contributed by atoms with Crippen LogP contribution in [0.25, 0.3) is 0 Å². The van der Waals surface area contributed by atoms with Crippen molar-refractivity contribution in [3.05, 3.63) is 35.6 Å². The Kier molecular flexibility index (Phi) is 4.84. The standard InChI is InChI=1S/C14H19FO3/c1-14(2,3)18-8-7-12(13(16)17)10-5-4-6-11(15)9-10/h4-6,9,12H,7-8H2,1-3H3,(H,16,17). The van der Waals surface area contributed by atoms with Gasteiger partial charge in [-0.2, -0.15) is 0 Å². The Labute approximate surface area is 107 Å². The van der Waals surface area contributed by atoms with Crippen molar-refractivity contribution in [3.63, 3.8) is 0 Å². The molecule has 1 rings (SSSR count). The molecule has 0 saturated carbocycles. The fraction of sp³-hybridized carbons (Fsp3) is 0.500. The Morgan fingerprint density at radius 3 is 2.61 bits per heavy atom. The molecule has 0 spiro atoms. The molecule has 4 heteroatoms. The summed E-state index contributed by atoms with van der Waals surface area (Å²) >= 11 is 0. The molecule has 0 aromatic heterocycles. The van der Waals surface area contributed by atoms with Crippen molar-refractivity contribution in [2.75, 3.05) is 6.61 Å². The number of carboxylic acid groups (broad SMARTS) is 1. The number of aliphatic carboxylic acids is 1. The first-order valence-electron chi connectivity index (χ1n) is 5.92. The van der Waals surface area contributed by atoms with Crippen molar-refractivity contribution in [2.45, 2.75) is 38.7 Å². The zero-order chi connectivity index (χ0) is 13.8. The first-order valence-corrected chi connectivity index (χ1v) is 5.92. The van der Waals surface area contributed by atoms with Gasteiger partial charge in [-0.25, -0.2) is 4.39 Å². The van der Waals surface area contributed by atoms with Gasteiger partial charge in [-0.15, -0.1) is 0 Å². The van der Waals surface area contributed by atoms with Crippen LogP contribution < -0.4 is 0 Å². The molecule has 18 heavy (non-hydrogen) atoms. The molecule has 0 aliphatic rings. The molecule has 3 nitrogen and oxygen atoms in total. The van der Waals surface area contributed by atoms with Gasteiger partial charge in [0.1, 0.15) is 5.82 Å². The average Bonchev–Trinajstić information content (AvgIpc) is 2.22. The summed E-state index contributed by atoms with van der Waals surface area (Å²) < 4.78 is 18.6. The van der Waals surface area contributed by atoms with Crippen LogP contribution in [0.2, 0.25) is 0 Å². The monoisotopic (exact) mass is 254 g/mol. The van der Waals surface area contributed by atoms with Gasteiger partial charge in [-0.1, -0.05) is 12.1 Å². The van der Waals surface area contributed by atoms with E-state index in [9.17, 15) is 9.18 Å². The van der Waals surface area contributed by atoms with Crippen molar-refractivity contribution in [1.82, 2.24) is 0 Å². The molecule has 0 saturated heterocycles. The van der Waals surface area contributed by atoms with Crippen LogP contribution in [0.15, 0.2) is 24.3 Å². The van der Waals surface area contributed by atoms with Gasteiger partial charge in [-0.3, -0.25) is 4.79 Å². The molecule has 0 fully saturated rings. The SMILES string of the molecule is CC(C)(C)OCCC(C(=O)O)c1cccc(F)c1. The second-order valence-electron chi connectivity index (χ2n) is 5.20. The highest BCUT2D eigenvalue weighted by Gasteiger charge is 2.21. The van der Waals surface area contributed by atoms with Crippen LogP contribution in [0.4, 0.5) is 4.39 Å². The van der Waals surface area contributed by atoms with Gasteiger partial charge in [-0.05, 0) is 44.9 Å². The zero-order valence-electron chi connectivity index (χ0n) is 10.9. The summed E-state index contributed by atoms with van der Waals surface area (Å²) in [6, 6.07) is 5.70. The Balaban J connectivity index is 2.69. The number of hydrogen-bond acceptors (Lipinski definition) is 2. The third-order valence-electron chi connectivity index (χ3n) is 2.49. The number of halogens is 1. The smallest absolute Gasteiger partial charge is 0.311 e. The molecule has 0 radical (unpaired) electrons. The van der Waals surface area contributed by atoms with Gasteiger partial charge in [0.05, 0.1) is 11.5 Å².